The number of nitrogens with zero attached hydrogens (tertiary/aromatic N) is 1. The predicted molar refractivity (Wildman–Crippen MR) is 87.6 cm³/mol. The summed E-state index contributed by atoms with van der Waals surface area (Å²) >= 11 is 5.98. The number of benzene rings is 1. The molecule has 1 aromatic heterocycles. The molecule has 2 aromatic rings. The summed E-state index contributed by atoms with van der Waals surface area (Å²) in [5.41, 5.74) is 1.57. The van der Waals surface area contributed by atoms with Crippen LogP contribution in [0.3, 0.4) is 0 Å². The topological polar surface area (TPSA) is 63.2 Å². The minimum absolute atomic E-state index is 0.261. The van der Waals surface area contributed by atoms with Crippen LogP contribution in [-0.4, -0.2) is 24.2 Å². The zero-order chi connectivity index (χ0) is 15.8. The van der Waals surface area contributed by atoms with Crippen LogP contribution in [-0.2, 0) is 0 Å². The van der Waals surface area contributed by atoms with Crippen molar-refractivity contribution in [1.29, 1.82) is 0 Å². The normalized spacial score (nSPS) is 10.1. The van der Waals surface area contributed by atoms with Crippen molar-refractivity contribution < 1.29 is 9.53 Å². The van der Waals surface area contributed by atoms with Gasteiger partial charge >= 0.3 is 6.03 Å². The predicted octanol–water partition coefficient (Wildman–Crippen LogP) is 3.63. The number of urea groups is 1. The fraction of sp³-hybridized carbons (Fsp3) is 0.250. The fourth-order valence-electron chi connectivity index (χ4n) is 1.74. The van der Waals surface area contributed by atoms with Gasteiger partial charge in [-0.25, -0.2) is 4.79 Å². The first-order valence-corrected chi connectivity index (χ1v) is 7.38. The van der Waals surface area contributed by atoms with E-state index in [1.165, 1.54) is 0 Å². The molecule has 0 radical (unpaired) electrons. The molecule has 0 saturated carbocycles. The molecule has 0 atom stereocenters. The number of para-hydroxylation sites is 1. The molecule has 2 amide bonds. The molecule has 0 aliphatic carbocycles. The van der Waals surface area contributed by atoms with Gasteiger partial charge in [0.2, 0.25) is 0 Å². The van der Waals surface area contributed by atoms with Crippen LogP contribution in [0.25, 0.3) is 0 Å². The van der Waals surface area contributed by atoms with Crippen LogP contribution in [0.4, 0.5) is 10.5 Å². The van der Waals surface area contributed by atoms with E-state index in [0.29, 0.717) is 36.0 Å². The van der Waals surface area contributed by atoms with Crippen LogP contribution in [0.1, 0.15) is 12.1 Å². The summed E-state index contributed by atoms with van der Waals surface area (Å²) in [5.74, 6) is 0.652. The van der Waals surface area contributed by atoms with Gasteiger partial charge < -0.3 is 15.4 Å². The number of ether oxygens (including phenoxy) is 1. The lowest BCUT2D eigenvalue weighted by atomic mass is 10.3. The lowest BCUT2D eigenvalue weighted by molar-refractivity contribution is 0.250. The minimum Gasteiger partial charge on any atom is -0.492 e. The third-order valence-electron chi connectivity index (χ3n) is 2.87. The summed E-state index contributed by atoms with van der Waals surface area (Å²) in [7, 11) is 0. The van der Waals surface area contributed by atoms with E-state index < -0.39 is 0 Å². The van der Waals surface area contributed by atoms with Crippen LogP contribution in [0.2, 0.25) is 5.02 Å². The molecule has 1 aromatic carbocycles. The maximum atomic E-state index is 11.7. The molecule has 0 saturated heterocycles. The highest BCUT2D eigenvalue weighted by Crippen LogP contribution is 2.22. The maximum absolute atomic E-state index is 11.7. The number of nitrogens with one attached hydrogen (secondary N) is 2. The number of pyridine rings is 1. The number of anilines is 1. The highest BCUT2D eigenvalue weighted by Gasteiger charge is 2.02. The molecular weight excluding hydrogens is 302 g/mol. The maximum Gasteiger partial charge on any atom is 0.319 e. The van der Waals surface area contributed by atoms with E-state index in [4.69, 9.17) is 16.3 Å². The molecule has 6 heteroatoms. The van der Waals surface area contributed by atoms with E-state index in [1.807, 2.05) is 37.3 Å². The largest absolute Gasteiger partial charge is 0.492 e. The van der Waals surface area contributed by atoms with Crippen molar-refractivity contribution >= 4 is 23.3 Å². The van der Waals surface area contributed by atoms with E-state index in [9.17, 15) is 4.79 Å². The summed E-state index contributed by atoms with van der Waals surface area (Å²) in [4.78, 5) is 15.8. The Balaban J connectivity index is 1.63. The highest BCUT2D eigenvalue weighted by molar-refractivity contribution is 6.32. The van der Waals surface area contributed by atoms with Gasteiger partial charge in [0.05, 0.1) is 23.5 Å². The number of aromatic nitrogens is 1. The molecule has 2 N–H and O–H groups in total. The van der Waals surface area contributed by atoms with Crippen molar-refractivity contribution in [1.82, 2.24) is 10.3 Å². The molecule has 0 unspecified atom stereocenters. The van der Waals surface area contributed by atoms with Crippen LogP contribution in [0, 0.1) is 6.92 Å². The van der Waals surface area contributed by atoms with Gasteiger partial charge in [-0.1, -0.05) is 23.7 Å². The first-order valence-electron chi connectivity index (χ1n) is 7.00. The summed E-state index contributed by atoms with van der Waals surface area (Å²) in [6, 6.07) is 10.7. The molecule has 116 valence electrons. The summed E-state index contributed by atoms with van der Waals surface area (Å²) in [6.45, 7) is 2.88. The second-order valence-electron chi connectivity index (χ2n) is 4.70. The second kappa shape index (κ2) is 8.24. The van der Waals surface area contributed by atoms with Crippen molar-refractivity contribution in [2.45, 2.75) is 13.3 Å². The van der Waals surface area contributed by atoms with E-state index >= 15 is 0 Å². The number of rotatable bonds is 6. The van der Waals surface area contributed by atoms with Crippen molar-refractivity contribution in [3.05, 3.63) is 53.3 Å². The Morgan fingerprint density at radius 1 is 1.27 bits per heavy atom. The minimum atomic E-state index is -0.261. The molecule has 22 heavy (non-hydrogen) atoms. The first kappa shape index (κ1) is 16.1. The summed E-state index contributed by atoms with van der Waals surface area (Å²) < 4.78 is 5.54. The van der Waals surface area contributed by atoms with Crippen molar-refractivity contribution in [3.63, 3.8) is 0 Å². The Kier molecular flexibility index (Phi) is 6.03. The van der Waals surface area contributed by atoms with Crippen molar-refractivity contribution in [3.8, 4) is 5.75 Å². The lowest BCUT2D eigenvalue weighted by Crippen LogP contribution is -2.30. The number of hydrogen-bond donors (Lipinski definition) is 2. The van der Waals surface area contributed by atoms with Gasteiger partial charge in [-0.3, -0.25) is 4.98 Å². The van der Waals surface area contributed by atoms with Crippen LogP contribution < -0.4 is 15.4 Å². The number of amides is 2. The quantitative estimate of drug-likeness (QED) is 0.799. The fourth-order valence-corrected chi connectivity index (χ4v) is 1.93. The Bertz CT molecular complexity index is 617. The smallest absolute Gasteiger partial charge is 0.319 e. The molecule has 0 aliphatic heterocycles. The third-order valence-corrected chi connectivity index (χ3v) is 3.18. The SMILES string of the molecule is Cc1ccc(NC(=O)NCCCOc2ccccc2Cl)cn1. The molecule has 2 rings (SSSR count). The lowest BCUT2D eigenvalue weighted by Gasteiger charge is -2.09. The standard InChI is InChI=1S/C16H18ClN3O2/c1-12-7-8-13(11-19-12)20-16(21)18-9-4-10-22-15-6-3-2-5-14(15)17/h2-3,5-8,11H,4,9-10H2,1H3,(H2,18,20,21). The Morgan fingerprint density at radius 2 is 2.09 bits per heavy atom. The number of carbonyl (C=O) groups excluding carboxylic acids is 1. The molecule has 0 aliphatic rings. The molecule has 5 nitrogen and oxygen atoms in total. The number of carbonyl (C=O) groups is 1. The monoisotopic (exact) mass is 319 g/mol. The van der Waals surface area contributed by atoms with Gasteiger partial charge in [0.25, 0.3) is 0 Å². The van der Waals surface area contributed by atoms with Crippen molar-refractivity contribution in [2.24, 2.45) is 0 Å². The van der Waals surface area contributed by atoms with E-state index in [2.05, 4.69) is 15.6 Å². The average molecular weight is 320 g/mol. The molecule has 0 bridgehead atoms. The average Bonchev–Trinajstić information content (AvgIpc) is 2.51. The van der Waals surface area contributed by atoms with Gasteiger partial charge in [-0.2, -0.15) is 0 Å². The van der Waals surface area contributed by atoms with Crippen LogP contribution in [0.5, 0.6) is 5.75 Å². The van der Waals surface area contributed by atoms with Gasteiger partial charge in [-0.15, -0.1) is 0 Å². The highest BCUT2D eigenvalue weighted by atomic mass is 35.5. The molecular formula is C16H18ClN3O2. The number of aryl methyl sites for hydroxylation is 1. The van der Waals surface area contributed by atoms with Crippen LogP contribution >= 0.6 is 11.6 Å². The second-order valence-corrected chi connectivity index (χ2v) is 5.11. The molecule has 0 fully saturated rings. The Morgan fingerprint density at radius 3 is 2.82 bits per heavy atom. The first-order chi connectivity index (χ1) is 10.6. The van der Waals surface area contributed by atoms with Gasteiger partial charge in [0.15, 0.2) is 0 Å². The molecule has 0 spiro atoms. The summed E-state index contributed by atoms with van der Waals surface area (Å²) in [6.07, 6.45) is 2.31. The Labute approximate surface area is 134 Å². The van der Waals surface area contributed by atoms with E-state index in [1.54, 1.807) is 12.3 Å². The van der Waals surface area contributed by atoms with Crippen molar-refractivity contribution in [2.75, 3.05) is 18.5 Å². The van der Waals surface area contributed by atoms with E-state index in [0.717, 1.165) is 5.69 Å². The zero-order valence-corrected chi connectivity index (χ0v) is 13.1. The van der Waals surface area contributed by atoms with E-state index in [-0.39, 0.29) is 6.03 Å². The molecule has 1 heterocycles. The summed E-state index contributed by atoms with van der Waals surface area (Å²) in [5, 5.41) is 6.05. The third kappa shape index (κ3) is 5.26. The number of halogens is 1. The van der Waals surface area contributed by atoms with Crippen LogP contribution in [0.15, 0.2) is 42.6 Å². The number of hydrogen-bond acceptors (Lipinski definition) is 3. The van der Waals surface area contributed by atoms with Gasteiger partial charge in [-0.05, 0) is 37.6 Å². The zero-order valence-electron chi connectivity index (χ0n) is 12.3. The van der Waals surface area contributed by atoms with Gasteiger partial charge in [0.1, 0.15) is 5.75 Å². The Hall–Kier alpha value is -2.27. The van der Waals surface area contributed by atoms with Gasteiger partial charge in [0, 0.05) is 12.2 Å².